The third kappa shape index (κ3) is 4.31. The maximum Gasteiger partial charge on any atom is 0.370 e. The molecule has 0 rings (SSSR count). The van der Waals surface area contributed by atoms with Crippen LogP contribution in [0, 0.1) is 0 Å². The molecule has 0 amide bonds. The summed E-state index contributed by atoms with van der Waals surface area (Å²) in [7, 11) is 2.78. The topological polar surface area (TPSA) is 44.8 Å². The van der Waals surface area contributed by atoms with Crippen molar-refractivity contribution in [1.82, 2.24) is 0 Å². The summed E-state index contributed by atoms with van der Waals surface area (Å²) in [6.45, 7) is 2.05. The third-order valence-electron chi connectivity index (χ3n) is 1.53. The molecule has 0 fully saturated rings. The number of carbonyl (C=O) groups is 1. The zero-order valence-electron chi connectivity index (χ0n) is 7.83. The Kier molecular flexibility index (Phi) is 6.70. The molecule has 12 heavy (non-hydrogen) atoms. The quantitative estimate of drug-likeness (QED) is 0.452. The first-order valence-corrected chi connectivity index (χ1v) is 4.03. The number of unbranched alkanes of at least 4 members (excludes halogenated alkanes) is 1. The van der Waals surface area contributed by atoms with E-state index in [1.807, 2.05) is 6.92 Å². The van der Waals surface area contributed by atoms with Gasteiger partial charge >= 0.3 is 5.97 Å². The molecule has 4 nitrogen and oxygen atoms in total. The first-order chi connectivity index (χ1) is 5.76. The molecule has 0 aliphatic rings. The molecule has 1 unspecified atom stereocenters. The Balaban J connectivity index is 3.71. The molecule has 1 atom stereocenters. The van der Waals surface area contributed by atoms with Gasteiger partial charge in [0.05, 0.1) is 7.11 Å². The third-order valence-corrected chi connectivity index (χ3v) is 1.53. The zero-order chi connectivity index (χ0) is 9.40. The minimum Gasteiger partial charge on any atom is -0.370 e. The average Bonchev–Trinajstić information content (AvgIpc) is 2.06. The van der Waals surface area contributed by atoms with Gasteiger partial charge in [-0.1, -0.05) is 19.8 Å². The van der Waals surface area contributed by atoms with Gasteiger partial charge in [-0.3, -0.25) is 4.89 Å². The Morgan fingerprint density at radius 1 is 1.42 bits per heavy atom. The Morgan fingerprint density at radius 3 is 2.50 bits per heavy atom. The lowest BCUT2D eigenvalue weighted by atomic mass is 10.2. The standard InChI is InChI=1S/C8H16O4/c1-4-5-6-7(10-2)8(9)12-11-3/h7H,4-6H2,1-3H3. The highest BCUT2D eigenvalue weighted by molar-refractivity contribution is 5.73. The summed E-state index contributed by atoms with van der Waals surface area (Å²) in [5.74, 6) is -0.464. The lowest BCUT2D eigenvalue weighted by molar-refractivity contribution is -0.263. The van der Waals surface area contributed by atoms with Crippen molar-refractivity contribution >= 4 is 5.97 Å². The predicted molar refractivity (Wildman–Crippen MR) is 43.4 cm³/mol. The summed E-state index contributed by atoms with van der Waals surface area (Å²) in [4.78, 5) is 19.6. The normalized spacial score (nSPS) is 12.6. The molecular weight excluding hydrogens is 160 g/mol. The molecule has 0 saturated heterocycles. The fourth-order valence-electron chi connectivity index (χ4n) is 0.857. The summed E-state index contributed by atoms with van der Waals surface area (Å²) in [5.41, 5.74) is 0. The molecule has 4 heteroatoms. The van der Waals surface area contributed by atoms with Gasteiger partial charge in [-0.15, -0.1) is 0 Å². The van der Waals surface area contributed by atoms with Crippen LogP contribution in [0.5, 0.6) is 0 Å². The highest BCUT2D eigenvalue weighted by Crippen LogP contribution is 2.05. The van der Waals surface area contributed by atoms with Crippen molar-refractivity contribution in [1.29, 1.82) is 0 Å². The Labute approximate surface area is 72.7 Å². The summed E-state index contributed by atoms with van der Waals surface area (Å²) in [6.07, 6.45) is 2.15. The van der Waals surface area contributed by atoms with Crippen LogP contribution in [0.1, 0.15) is 26.2 Å². The molecule has 0 aliphatic carbocycles. The van der Waals surface area contributed by atoms with E-state index in [4.69, 9.17) is 4.74 Å². The van der Waals surface area contributed by atoms with Crippen molar-refractivity contribution in [3.63, 3.8) is 0 Å². The summed E-state index contributed by atoms with van der Waals surface area (Å²) < 4.78 is 4.91. The van der Waals surface area contributed by atoms with Crippen LogP contribution in [-0.2, 0) is 19.3 Å². The minimum atomic E-state index is -0.495. The van der Waals surface area contributed by atoms with Crippen molar-refractivity contribution in [3.05, 3.63) is 0 Å². The van der Waals surface area contributed by atoms with Gasteiger partial charge in [-0.25, -0.2) is 4.79 Å². The van der Waals surface area contributed by atoms with Gasteiger partial charge in [0.2, 0.25) is 0 Å². The Hall–Kier alpha value is -0.610. The van der Waals surface area contributed by atoms with E-state index in [1.165, 1.54) is 14.2 Å². The van der Waals surface area contributed by atoms with Gasteiger partial charge in [-0.05, 0) is 6.42 Å². The number of hydrogen-bond donors (Lipinski definition) is 0. The molecule has 0 aromatic rings. The van der Waals surface area contributed by atoms with Crippen molar-refractivity contribution in [2.24, 2.45) is 0 Å². The molecule has 0 saturated carbocycles. The van der Waals surface area contributed by atoms with Gasteiger partial charge in [0.1, 0.15) is 0 Å². The average molecular weight is 176 g/mol. The molecule has 0 N–H and O–H groups in total. The van der Waals surface area contributed by atoms with E-state index in [0.717, 1.165) is 12.8 Å². The first kappa shape index (κ1) is 11.4. The van der Waals surface area contributed by atoms with Gasteiger partial charge in [0, 0.05) is 7.11 Å². The molecular formula is C8H16O4. The largest absolute Gasteiger partial charge is 0.370 e. The number of rotatable bonds is 6. The van der Waals surface area contributed by atoms with Gasteiger partial charge in [-0.2, -0.15) is 4.89 Å². The van der Waals surface area contributed by atoms with Crippen molar-refractivity contribution in [2.75, 3.05) is 14.2 Å². The van der Waals surface area contributed by atoms with Crippen LogP contribution in [-0.4, -0.2) is 26.3 Å². The lowest BCUT2D eigenvalue weighted by Gasteiger charge is -2.11. The molecule has 0 aromatic heterocycles. The molecule has 0 bridgehead atoms. The molecule has 0 radical (unpaired) electrons. The summed E-state index contributed by atoms with van der Waals surface area (Å²) in [6, 6.07) is 0. The second-order valence-corrected chi connectivity index (χ2v) is 2.44. The number of carbonyl (C=O) groups excluding carboxylic acids is 1. The Bertz CT molecular complexity index is 124. The van der Waals surface area contributed by atoms with E-state index in [2.05, 4.69) is 9.78 Å². The van der Waals surface area contributed by atoms with Gasteiger partial charge in [0.25, 0.3) is 0 Å². The second kappa shape index (κ2) is 7.06. The van der Waals surface area contributed by atoms with Gasteiger partial charge < -0.3 is 4.74 Å². The zero-order valence-corrected chi connectivity index (χ0v) is 7.83. The van der Waals surface area contributed by atoms with Crippen LogP contribution < -0.4 is 0 Å². The molecule has 72 valence electrons. The maximum absolute atomic E-state index is 11.0. The van der Waals surface area contributed by atoms with E-state index in [1.54, 1.807) is 0 Å². The SMILES string of the molecule is CCCCC(OC)C(=O)OOC. The van der Waals surface area contributed by atoms with Crippen LogP contribution in [0.25, 0.3) is 0 Å². The highest BCUT2D eigenvalue weighted by Gasteiger charge is 2.19. The maximum atomic E-state index is 11.0. The predicted octanol–water partition coefficient (Wildman–Crippen LogP) is 1.30. The van der Waals surface area contributed by atoms with Crippen molar-refractivity contribution in [3.8, 4) is 0 Å². The summed E-state index contributed by atoms with van der Waals surface area (Å²) in [5, 5.41) is 0. The fraction of sp³-hybridized carbons (Fsp3) is 0.875. The monoisotopic (exact) mass is 176 g/mol. The molecule has 0 spiro atoms. The van der Waals surface area contributed by atoms with E-state index >= 15 is 0 Å². The Morgan fingerprint density at radius 2 is 2.08 bits per heavy atom. The number of methoxy groups -OCH3 is 1. The second-order valence-electron chi connectivity index (χ2n) is 2.44. The molecule has 0 aromatic carbocycles. The van der Waals surface area contributed by atoms with Crippen LogP contribution in [0.3, 0.4) is 0 Å². The van der Waals surface area contributed by atoms with Crippen LogP contribution >= 0.6 is 0 Å². The van der Waals surface area contributed by atoms with E-state index < -0.39 is 12.1 Å². The molecule has 0 heterocycles. The van der Waals surface area contributed by atoms with E-state index in [-0.39, 0.29) is 0 Å². The number of ether oxygens (including phenoxy) is 1. The van der Waals surface area contributed by atoms with Gasteiger partial charge in [0.15, 0.2) is 6.10 Å². The van der Waals surface area contributed by atoms with Crippen LogP contribution in [0.2, 0.25) is 0 Å². The van der Waals surface area contributed by atoms with Crippen LogP contribution in [0.4, 0.5) is 0 Å². The van der Waals surface area contributed by atoms with Crippen molar-refractivity contribution in [2.45, 2.75) is 32.3 Å². The fourth-order valence-corrected chi connectivity index (χ4v) is 0.857. The smallest absolute Gasteiger partial charge is 0.370 e. The number of hydrogen-bond acceptors (Lipinski definition) is 4. The highest BCUT2D eigenvalue weighted by atomic mass is 17.2. The van der Waals surface area contributed by atoms with E-state index in [9.17, 15) is 4.79 Å². The van der Waals surface area contributed by atoms with Crippen molar-refractivity contribution < 1.29 is 19.3 Å². The van der Waals surface area contributed by atoms with E-state index in [0.29, 0.717) is 6.42 Å². The summed E-state index contributed by atoms with van der Waals surface area (Å²) >= 11 is 0. The van der Waals surface area contributed by atoms with Crippen LogP contribution in [0.15, 0.2) is 0 Å². The first-order valence-electron chi connectivity index (χ1n) is 4.03. The molecule has 0 aliphatic heterocycles. The lowest BCUT2D eigenvalue weighted by Crippen LogP contribution is -2.24. The minimum absolute atomic E-state index is 0.464.